The number of anilines is 2. The van der Waals surface area contributed by atoms with Crippen LogP contribution in [0.2, 0.25) is 0 Å². The van der Waals surface area contributed by atoms with Gasteiger partial charge in [0.2, 0.25) is 11.2 Å². The molecule has 0 saturated heterocycles. The number of methoxy groups -OCH3 is 2. The minimum Gasteiger partial charge on any atom is -0.493 e. The number of carbonyl (C=O) groups is 1. The van der Waals surface area contributed by atoms with E-state index in [4.69, 9.17) is 18.6 Å². The summed E-state index contributed by atoms with van der Waals surface area (Å²) in [5.41, 5.74) is 2.62. The van der Waals surface area contributed by atoms with Crippen molar-refractivity contribution in [3.63, 3.8) is 0 Å². The van der Waals surface area contributed by atoms with Gasteiger partial charge in [0.15, 0.2) is 18.1 Å². The molecular formula is C24H24N2O6. The highest BCUT2D eigenvalue weighted by atomic mass is 16.5. The first-order valence-corrected chi connectivity index (χ1v) is 10.2. The summed E-state index contributed by atoms with van der Waals surface area (Å²) in [5, 5.41) is 2.69. The summed E-state index contributed by atoms with van der Waals surface area (Å²) in [5.74, 6) is 1.14. The molecule has 1 aliphatic rings. The van der Waals surface area contributed by atoms with Crippen LogP contribution in [0.5, 0.6) is 17.2 Å². The third-order valence-corrected chi connectivity index (χ3v) is 5.21. The maximum absolute atomic E-state index is 12.4. The fourth-order valence-corrected chi connectivity index (χ4v) is 3.64. The van der Waals surface area contributed by atoms with Gasteiger partial charge in [0.25, 0.3) is 5.91 Å². The molecule has 4 rings (SSSR count). The Hall–Kier alpha value is -3.94. The number of carbonyl (C=O) groups excluding carboxylic acids is 1. The molecular weight excluding hydrogens is 412 g/mol. The minimum atomic E-state index is -0.422. The van der Waals surface area contributed by atoms with Crippen molar-refractivity contribution >= 4 is 17.3 Å². The Balaban J connectivity index is 1.34. The third kappa shape index (κ3) is 4.69. The van der Waals surface area contributed by atoms with Crippen molar-refractivity contribution in [1.29, 1.82) is 0 Å². The van der Waals surface area contributed by atoms with E-state index in [1.54, 1.807) is 18.2 Å². The van der Waals surface area contributed by atoms with E-state index in [-0.39, 0.29) is 17.8 Å². The number of benzene rings is 2. The first kappa shape index (κ1) is 21.3. The van der Waals surface area contributed by atoms with Crippen LogP contribution in [0.1, 0.15) is 11.3 Å². The summed E-state index contributed by atoms with van der Waals surface area (Å²) in [6, 6.07) is 14.6. The van der Waals surface area contributed by atoms with Crippen LogP contribution in [0.3, 0.4) is 0 Å². The van der Waals surface area contributed by atoms with Crippen molar-refractivity contribution in [2.24, 2.45) is 0 Å². The Labute approximate surface area is 185 Å². The molecule has 8 nitrogen and oxygen atoms in total. The van der Waals surface area contributed by atoms with Crippen molar-refractivity contribution in [3.8, 4) is 17.2 Å². The molecule has 1 N–H and O–H groups in total. The molecule has 0 saturated carbocycles. The van der Waals surface area contributed by atoms with Gasteiger partial charge in [-0.2, -0.15) is 0 Å². The third-order valence-electron chi connectivity index (χ3n) is 5.21. The fourth-order valence-electron chi connectivity index (χ4n) is 3.64. The van der Waals surface area contributed by atoms with E-state index in [2.05, 4.69) is 22.3 Å². The van der Waals surface area contributed by atoms with Crippen LogP contribution >= 0.6 is 0 Å². The van der Waals surface area contributed by atoms with Crippen molar-refractivity contribution in [1.82, 2.24) is 0 Å². The summed E-state index contributed by atoms with van der Waals surface area (Å²) < 4.78 is 21.3. The van der Waals surface area contributed by atoms with Crippen LogP contribution in [0.15, 0.2) is 64.0 Å². The number of rotatable bonds is 8. The van der Waals surface area contributed by atoms with E-state index in [0.717, 1.165) is 18.7 Å². The average Bonchev–Trinajstić information content (AvgIpc) is 3.21. The molecule has 1 amide bonds. The van der Waals surface area contributed by atoms with Crippen molar-refractivity contribution in [2.45, 2.75) is 13.0 Å². The second-order valence-electron chi connectivity index (χ2n) is 7.28. The Morgan fingerprint density at radius 1 is 1.06 bits per heavy atom. The Bertz CT molecular complexity index is 1170. The van der Waals surface area contributed by atoms with Gasteiger partial charge in [0, 0.05) is 30.1 Å². The molecule has 0 bridgehead atoms. The number of ether oxygens (including phenoxy) is 3. The second-order valence-corrected chi connectivity index (χ2v) is 7.28. The highest BCUT2D eigenvalue weighted by Crippen LogP contribution is 2.30. The molecule has 0 radical (unpaired) electrons. The molecule has 2 heterocycles. The van der Waals surface area contributed by atoms with Crippen LogP contribution in [0.4, 0.5) is 11.4 Å². The zero-order valence-electron chi connectivity index (χ0n) is 17.9. The lowest BCUT2D eigenvalue weighted by Crippen LogP contribution is -2.23. The zero-order chi connectivity index (χ0) is 22.5. The maximum atomic E-state index is 12.4. The number of fused-ring (bicyclic) bond motifs is 1. The van der Waals surface area contributed by atoms with Crippen LogP contribution in [0.25, 0.3) is 0 Å². The van der Waals surface area contributed by atoms with Crippen LogP contribution < -0.4 is 29.9 Å². The number of nitrogens with one attached hydrogen (secondary N) is 1. The van der Waals surface area contributed by atoms with Gasteiger partial charge in [-0.15, -0.1) is 0 Å². The molecule has 0 spiro atoms. The van der Waals surface area contributed by atoms with E-state index < -0.39 is 5.91 Å². The molecule has 32 heavy (non-hydrogen) atoms. The molecule has 1 aromatic heterocycles. The van der Waals surface area contributed by atoms with Gasteiger partial charge in [-0.1, -0.05) is 18.2 Å². The summed E-state index contributed by atoms with van der Waals surface area (Å²) in [6.07, 6.45) is 2.22. The number of nitrogens with zero attached hydrogens (tertiary/aromatic N) is 1. The average molecular weight is 436 g/mol. The predicted molar refractivity (Wildman–Crippen MR) is 120 cm³/mol. The highest BCUT2D eigenvalue weighted by molar-refractivity contribution is 5.92. The van der Waals surface area contributed by atoms with Gasteiger partial charge in [-0.3, -0.25) is 9.59 Å². The van der Waals surface area contributed by atoms with E-state index in [1.165, 1.54) is 32.1 Å². The second kappa shape index (κ2) is 9.47. The predicted octanol–water partition coefficient (Wildman–Crippen LogP) is 3.24. The van der Waals surface area contributed by atoms with Crippen molar-refractivity contribution < 1.29 is 23.4 Å². The molecule has 0 atom stereocenters. The highest BCUT2D eigenvalue weighted by Gasteiger charge is 2.19. The van der Waals surface area contributed by atoms with Gasteiger partial charge in [0.1, 0.15) is 12.0 Å². The van der Waals surface area contributed by atoms with Crippen LogP contribution in [0, 0.1) is 0 Å². The molecule has 3 aromatic rings. The fraction of sp³-hybridized carbons (Fsp3) is 0.250. The summed E-state index contributed by atoms with van der Waals surface area (Å²) >= 11 is 0. The molecule has 166 valence electrons. The van der Waals surface area contributed by atoms with E-state index >= 15 is 0 Å². The number of amides is 1. The van der Waals surface area contributed by atoms with E-state index in [1.807, 2.05) is 12.1 Å². The SMILES string of the molecule is COc1ccc(NC(=O)COc2coc(CN3CCc4ccccc43)cc2=O)cc1OC. The summed E-state index contributed by atoms with van der Waals surface area (Å²) in [7, 11) is 3.04. The topological polar surface area (TPSA) is 90.2 Å². The number of para-hydroxylation sites is 1. The largest absolute Gasteiger partial charge is 0.493 e. The lowest BCUT2D eigenvalue weighted by atomic mass is 10.2. The number of hydrogen-bond acceptors (Lipinski definition) is 7. The lowest BCUT2D eigenvalue weighted by molar-refractivity contribution is -0.118. The zero-order valence-corrected chi connectivity index (χ0v) is 17.9. The molecule has 0 unspecified atom stereocenters. The first-order chi connectivity index (χ1) is 15.6. The van der Waals surface area contributed by atoms with Gasteiger partial charge >= 0.3 is 0 Å². The van der Waals surface area contributed by atoms with Gasteiger partial charge in [-0.05, 0) is 30.2 Å². The van der Waals surface area contributed by atoms with Gasteiger partial charge in [0.05, 0.1) is 20.8 Å². The Kier molecular flexibility index (Phi) is 6.30. The summed E-state index contributed by atoms with van der Waals surface area (Å²) in [4.78, 5) is 26.8. The van der Waals surface area contributed by atoms with E-state index in [9.17, 15) is 9.59 Å². The van der Waals surface area contributed by atoms with Crippen LogP contribution in [-0.4, -0.2) is 33.3 Å². The van der Waals surface area contributed by atoms with Crippen LogP contribution in [-0.2, 0) is 17.8 Å². The normalized spacial score (nSPS) is 12.2. The lowest BCUT2D eigenvalue weighted by Gasteiger charge is -2.18. The molecule has 2 aromatic carbocycles. The number of hydrogen-bond donors (Lipinski definition) is 1. The standard InChI is InChI=1S/C24H24N2O6/c1-29-21-8-7-17(11-22(21)30-2)25-24(28)15-32-23-14-31-18(12-20(23)27)13-26-10-9-16-5-3-4-6-19(16)26/h3-8,11-12,14H,9-10,13,15H2,1-2H3,(H,25,28). The van der Waals surface area contributed by atoms with Crippen molar-refractivity contribution in [2.75, 3.05) is 37.6 Å². The Morgan fingerprint density at radius 2 is 1.88 bits per heavy atom. The monoisotopic (exact) mass is 436 g/mol. The van der Waals surface area contributed by atoms with Gasteiger partial charge in [-0.25, -0.2) is 0 Å². The first-order valence-electron chi connectivity index (χ1n) is 10.2. The smallest absolute Gasteiger partial charge is 0.262 e. The molecule has 0 aliphatic carbocycles. The van der Waals surface area contributed by atoms with E-state index in [0.29, 0.717) is 29.5 Å². The van der Waals surface area contributed by atoms with Crippen molar-refractivity contribution in [3.05, 3.63) is 76.3 Å². The Morgan fingerprint density at radius 3 is 2.66 bits per heavy atom. The molecule has 8 heteroatoms. The van der Waals surface area contributed by atoms with Gasteiger partial charge < -0.3 is 28.8 Å². The quantitative estimate of drug-likeness (QED) is 0.580. The molecule has 0 fully saturated rings. The molecule has 1 aliphatic heterocycles. The minimum absolute atomic E-state index is 0.0157. The maximum Gasteiger partial charge on any atom is 0.262 e. The summed E-state index contributed by atoms with van der Waals surface area (Å²) in [6.45, 7) is 1.03.